The highest BCUT2D eigenvalue weighted by Crippen LogP contribution is 1.94. The number of carbonyl (C=O) groups excluding carboxylic acids is 2. The Bertz CT molecular complexity index is 180. The Morgan fingerprint density at radius 3 is 2.23 bits per heavy atom. The molecule has 0 aliphatic carbocycles. The molecular weight excluding hydrogens is 170 g/mol. The Morgan fingerprint density at radius 2 is 1.85 bits per heavy atom. The lowest BCUT2D eigenvalue weighted by molar-refractivity contribution is -0.148. The highest BCUT2D eigenvalue weighted by atomic mass is 16.5. The minimum atomic E-state index is -0.342. The van der Waals surface area contributed by atoms with E-state index in [2.05, 4.69) is 0 Å². The molecule has 0 aliphatic heterocycles. The zero-order chi connectivity index (χ0) is 10.3. The van der Waals surface area contributed by atoms with Crippen molar-refractivity contribution < 1.29 is 14.3 Å². The van der Waals surface area contributed by atoms with Gasteiger partial charge in [-0.3, -0.25) is 9.59 Å². The quantitative estimate of drug-likeness (QED) is 0.598. The molecule has 1 amide bonds. The van der Waals surface area contributed by atoms with E-state index < -0.39 is 0 Å². The standard InChI is InChI=1S/C9H17NO3/c1-4-8(11)10(5-2)7-9(12)13-6-3/h4-7H2,1-3H3. The molecule has 0 fully saturated rings. The van der Waals surface area contributed by atoms with Gasteiger partial charge >= 0.3 is 5.97 Å². The summed E-state index contributed by atoms with van der Waals surface area (Å²) in [5, 5.41) is 0. The number of nitrogens with zero attached hydrogens (tertiary/aromatic N) is 1. The first kappa shape index (κ1) is 11.9. The van der Waals surface area contributed by atoms with Gasteiger partial charge in [-0.05, 0) is 13.8 Å². The number of amides is 1. The molecule has 0 atom stereocenters. The predicted octanol–water partition coefficient (Wildman–Crippen LogP) is 0.808. The van der Waals surface area contributed by atoms with E-state index in [1.165, 1.54) is 4.90 Å². The topological polar surface area (TPSA) is 46.6 Å². The van der Waals surface area contributed by atoms with E-state index in [0.717, 1.165) is 0 Å². The van der Waals surface area contributed by atoms with Crippen LogP contribution < -0.4 is 0 Å². The van der Waals surface area contributed by atoms with Gasteiger partial charge in [0.2, 0.25) is 5.91 Å². The molecule has 0 saturated heterocycles. The SMILES string of the molecule is CCOC(=O)CN(CC)C(=O)CC. The van der Waals surface area contributed by atoms with Gasteiger partial charge in [0.25, 0.3) is 0 Å². The van der Waals surface area contributed by atoms with Gasteiger partial charge in [-0.15, -0.1) is 0 Å². The van der Waals surface area contributed by atoms with Crippen LogP contribution in [0.4, 0.5) is 0 Å². The minimum Gasteiger partial charge on any atom is -0.465 e. The summed E-state index contributed by atoms with van der Waals surface area (Å²) in [5.41, 5.74) is 0. The maximum Gasteiger partial charge on any atom is 0.325 e. The van der Waals surface area contributed by atoms with Crippen LogP contribution in [-0.2, 0) is 14.3 Å². The molecular formula is C9H17NO3. The van der Waals surface area contributed by atoms with E-state index in [4.69, 9.17) is 4.74 Å². The fourth-order valence-corrected chi connectivity index (χ4v) is 0.962. The number of hydrogen-bond acceptors (Lipinski definition) is 3. The Hall–Kier alpha value is -1.06. The van der Waals surface area contributed by atoms with Crippen molar-refractivity contribution in [1.82, 2.24) is 4.90 Å². The van der Waals surface area contributed by atoms with Crippen LogP contribution >= 0.6 is 0 Å². The van der Waals surface area contributed by atoms with Gasteiger partial charge in [-0.2, -0.15) is 0 Å². The Morgan fingerprint density at radius 1 is 1.23 bits per heavy atom. The number of hydrogen-bond donors (Lipinski definition) is 0. The van der Waals surface area contributed by atoms with E-state index in [9.17, 15) is 9.59 Å². The van der Waals surface area contributed by atoms with Crippen LogP contribution in [0.15, 0.2) is 0 Å². The molecule has 0 heterocycles. The van der Waals surface area contributed by atoms with Crippen molar-refractivity contribution in [2.24, 2.45) is 0 Å². The van der Waals surface area contributed by atoms with Crippen LogP contribution in [0.2, 0.25) is 0 Å². The molecule has 0 radical (unpaired) electrons. The van der Waals surface area contributed by atoms with Gasteiger partial charge in [-0.25, -0.2) is 0 Å². The average molecular weight is 187 g/mol. The summed E-state index contributed by atoms with van der Waals surface area (Å²) in [6.07, 6.45) is 0.424. The van der Waals surface area contributed by atoms with Crippen molar-refractivity contribution in [1.29, 1.82) is 0 Å². The van der Waals surface area contributed by atoms with Crippen molar-refractivity contribution in [2.45, 2.75) is 27.2 Å². The molecule has 0 N–H and O–H groups in total. The zero-order valence-electron chi connectivity index (χ0n) is 8.50. The van der Waals surface area contributed by atoms with Crippen LogP contribution in [0.3, 0.4) is 0 Å². The monoisotopic (exact) mass is 187 g/mol. The average Bonchev–Trinajstić information content (AvgIpc) is 2.13. The second-order valence-corrected chi connectivity index (χ2v) is 2.57. The van der Waals surface area contributed by atoms with Crippen molar-refractivity contribution in [2.75, 3.05) is 19.7 Å². The van der Waals surface area contributed by atoms with E-state index >= 15 is 0 Å². The largest absolute Gasteiger partial charge is 0.465 e. The Labute approximate surface area is 78.9 Å². The van der Waals surface area contributed by atoms with Crippen LogP contribution in [0.25, 0.3) is 0 Å². The number of carbonyl (C=O) groups is 2. The molecule has 0 bridgehead atoms. The third kappa shape index (κ3) is 4.50. The molecule has 0 aromatic rings. The smallest absolute Gasteiger partial charge is 0.325 e. The first-order valence-electron chi connectivity index (χ1n) is 4.59. The fraction of sp³-hybridized carbons (Fsp3) is 0.778. The molecule has 76 valence electrons. The zero-order valence-corrected chi connectivity index (χ0v) is 8.50. The number of likely N-dealkylation sites (N-methyl/N-ethyl adjacent to an activating group) is 1. The second-order valence-electron chi connectivity index (χ2n) is 2.57. The second kappa shape index (κ2) is 6.46. The van der Waals surface area contributed by atoms with Gasteiger partial charge in [0.05, 0.1) is 6.61 Å². The summed E-state index contributed by atoms with van der Waals surface area (Å²) >= 11 is 0. The summed E-state index contributed by atoms with van der Waals surface area (Å²) in [6, 6.07) is 0. The van der Waals surface area contributed by atoms with Crippen molar-refractivity contribution >= 4 is 11.9 Å². The summed E-state index contributed by atoms with van der Waals surface area (Å²) in [7, 11) is 0. The lowest BCUT2D eigenvalue weighted by Gasteiger charge is -2.18. The van der Waals surface area contributed by atoms with E-state index in [-0.39, 0.29) is 18.4 Å². The molecule has 0 rings (SSSR count). The van der Waals surface area contributed by atoms with Gasteiger partial charge in [0.15, 0.2) is 0 Å². The van der Waals surface area contributed by atoms with Gasteiger partial charge < -0.3 is 9.64 Å². The van der Waals surface area contributed by atoms with Crippen molar-refractivity contribution in [3.05, 3.63) is 0 Å². The molecule has 0 unspecified atom stereocenters. The number of rotatable bonds is 5. The first-order valence-corrected chi connectivity index (χ1v) is 4.59. The van der Waals surface area contributed by atoms with Gasteiger partial charge in [0, 0.05) is 13.0 Å². The minimum absolute atomic E-state index is 0.0180. The molecule has 4 nitrogen and oxygen atoms in total. The Balaban J connectivity index is 3.97. The van der Waals surface area contributed by atoms with Crippen LogP contribution in [0.1, 0.15) is 27.2 Å². The lowest BCUT2D eigenvalue weighted by Crippen LogP contribution is -2.35. The molecule has 0 aromatic heterocycles. The Kier molecular flexibility index (Phi) is 5.93. The summed E-state index contributed by atoms with van der Waals surface area (Å²) in [5.74, 6) is -0.360. The number of esters is 1. The van der Waals surface area contributed by atoms with Gasteiger partial charge in [-0.1, -0.05) is 6.92 Å². The van der Waals surface area contributed by atoms with Crippen LogP contribution in [0, 0.1) is 0 Å². The summed E-state index contributed by atoms with van der Waals surface area (Å²) < 4.78 is 4.74. The van der Waals surface area contributed by atoms with Gasteiger partial charge in [0.1, 0.15) is 6.54 Å². The van der Waals surface area contributed by atoms with Crippen molar-refractivity contribution in [3.8, 4) is 0 Å². The highest BCUT2D eigenvalue weighted by molar-refractivity contribution is 5.81. The third-order valence-corrected chi connectivity index (χ3v) is 1.66. The predicted molar refractivity (Wildman–Crippen MR) is 49.2 cm³/mol. The van der Waals surface area contributed by atoms with E-state index in [1.54, 1.807) is 13.8 Å². The molecule has 0 saturated carbocycles. The first-order chi connectivity index (χ1) is 6.15. The molecule has 4 heteroatoms. The fourth-order valence-electron chi connectivity index (χ4n) is 0.962. The summed E-state index contributed by atoms with van der Waals surface area (Å²) in [4.78, 5) is 23.7. The van der Waals surface area contributed by atoms with Crippen molar-refractivity contribution in [3.63, 3.8) is 0 Å². The highest BCUT2D eigenvalue weighted by Gasteiger charge is 2.13. The van der Waals surface area contributed by atoms with E-state index in [1.807, 2.05) is 6.92 Å². The maximum absolute atomic E-state index is 11.2. The normalized spacial score (nSPS) is 9.46. The van der Waals surface area contributed by atoms with Crippen LogP contribution in [-0.4, -0.2) is 36.5 Å². The molecule has 0 spiro atoms. The van der Waals surface area contributed by atoms with Crippen LogP contribution in [0.5, 0.6) is 0 Å². The van der Waals surface area contributed by atoms with E-state index in [0.29, 0.717) is 19.6 Å². The molecule has 0 aliphatic rings. The molecule has 13 heavy (non-hydrogen) atoms. The maximum atomic E-state index is 11.2. The lowest BCUT2D eigenvalue weighted by atomic mass is 10.4. The number of ether oxygens (including phenoxy) is 1. The molecule has 0 aromatic carbocycles. The summed E-state index contributed by atoms with van der Waals surface area (Å²) in [6.45, 7) is 6.33. The third-order valence-electron chi connectivity index (χ3n) is 1.66.